The summed E-state index contributed by atoms with van der Waals surface area (Å²) in [7, 11) is 1.49. The third-order valence-corrected chi connectivity index (χ3v) is 6.89. The molecule has 0 aromatic heterocycles. The minimum atomic E-state index is -1.35. The second-order valence-corrected chi connectivity index (χ2v) is 9.07. The Kier molecular flexibility index (Phi) is 5.99. The first kappa shape index (κ1) is 23.6. The smallest absolute Gasteiger partial charge is 0.325 e. The van der Waals surface area contributed by atoms with Crippen molar-refractivity contribution in [3.8, 4) is 5.75 Å². The number of imide groups is 1. The fourth-order valence-electron chi connectivity index (χ4n) is 5.01. The van der Waals surface area contributed by atoms with Gasteiger partial charge in [0.25, 0.3) is 5.91 Å². The second-order valence-electron chi connectivity index (χ2n) is 9.07. The van der Waals surface area contributed by atoms with Crippen LogP contribution in [0.15, 0.2) is 36.4 Å². The van der Waals surface area contributed by atoms with Crippen LogP contribution in [0.3, 0.4) is 0 Å². The Labute approximate surface area is 206 Å². The molecule has 1 spiro atoms. The van der Waals surface area contributed by atoms with Gasteiger partial charge in [0.1, 0.15) is 18.1 Å². The highest BCUT2D eigenvalue weighted by Gasteiger charge is 2.55. The molecule has 188 valence electrons. The Morgan fingerprint density at radius 2 is 2.00 bits per heavy atom. The molecule has 3 N–H and O–H groups in total. The Bertz CT molecular complexity index is 1270. The summed E-state index contributed by atoms with van der Waals surface area (Å²) in [5, 5.41) is 7.88. The summed E-state index contributed by atoms with van der Waals surface area (Å²) in [6.45, 7) is 0.516. The molecule has 10 nitrogen and oxygen atoms in total. The molecule has 6 amide bonds. The molecule has 5 rings (SSSR count). The fourth-order valence-corrected chi connectivity index (χ4v) is 5.01. The average molecular weight is 496 g/mol. The van der Waals surface area contributed by atoms with Gasteiger partial charge in [-0.15, -0.1) is 0 Å². The van der Waals surface area contributed by atoms with Gasteiger partial charge in [0, 0.05) is 43.9 Å². The van der Waals surface area contributed by atoms with E-state index in [9.17, 15) is 23.6 Å². The number of rotatable bonds is 3. The maximum Gasteiger partial charge on any atom is 0.325 e. The summed E-state index contributed by atoms with van der Waals surface area (Å²) in [4.78, 5) is 53.9. The summed E-state index contributed by atoms with van der Waals surface area (Å²) in [5.74, 6) is -0.820. The fraction of sp³-hybridized carbons (Fsp3) is 0.360. The van der Waals surface area contributed by atoms with Crippen LogP contribution in [0.4, 0.5) is 19.7 Å². The van der Waals surface area contributed by atoms with Crippen LogP contribution in [0.25, 0.3) is 0 Å². The molecule has 3 aliphatic rings. The normalized spacial score (nSPS) is 20.7. The molecule has 3 aliphatic heterocycles. The Balaban J connectivity index is 1.35. The predicted octanol–water partition coefficient (Wildman–Crippen LogP) is 2.08. The summed E-state index contributed by atoms with van der Waals surface area (Å²) in [6.07, 6.45) is 1.51. The van der Waals surface area contributed by atoms with Gasteiger partial charge in [0.2, 0.25) is 5.91 Å². The molecule has 2 aromatic carbocycles. The van der Waals surface area contributed by atoms with Crippen molar-refractivity contribution < 1.29 is 28.3 Å². The van der Waals surface area contributed by atoms with Crippen molar-refractivity contribution >= 4 is 29.6 Å². The highest BCUT2D eigenvalue weighted by molar-refractivity contribution is 6.10. The van der Waals surface area contributed by atoms with Crippen molar-refractivity contribution in [2.45, 2.75) is 31.3 Å². The maximum atomic E-state index is 13.6. The standard InChI is InChI=1S/C25H26FN5O5/c1-27-23(34)28-18-6-7-19-20(12-18)36-10-8-25(19)22(33)31(24(35)29-25)14-21(32)30-9-2-3-15-11-17(26)5-4-16(15)13-30/h4-7,11-12H,2-3,8-10,13-14H2,1H3,(H,29,35)(H2,27,28,34). The zero-order valence-electron chi connectivity index (χ0n) is 19.7. The van der Waals surface area contributed by atoms with E-state index in [1.807, 2.05) is 0 Å². The van der Waals surface area contributed by atoms with Crippen LogP contribution in [-0.2, 0) is 28.1 Å². The van der Waals surface area contributed by atoms with Crippen molar-refractivity contribution in [2.75, 3.05) is 32.1 Å². The van der Waals surface area contributed by atoms with E-state index in [0.717, 1.165) is 16.0 Å². The minimum Gasteiger partial charge on any atom is -0.493 e. The Morgan fingerprint density at radius 1 is 1.17 bits per heavy atom. The van der Waals surface area contributed by atoms with Crippen LogP contribution in [0.1, 0.15) is 29.5 Å². The number of nitrogens with zero attached hydrogens (tertiary/aromatic N) is 2. The van der Waals surface area contributed by atoms with Crippen molar-refractivity contribution in [1.82, 2.24) is 20.4 Å². The highest BCUT2D eigenvalue weighted by atomic mass is 19.1. The van der Waals surface area contributed by atoms with Gasteiger partial charge in [0.15, 0.2) is 5.54 Å². The lowest BCUT2D eigenvalue weighted by Crippen LogP contribution is -2.48. The van der Waals surface area contributed by atoms with Crippen LogP contribution in [0, 0.1) is 5.82 Å². The SMILES string of the molecule is CNC(=O)Nc1ccc2c(c1)OCCC21NC(=O)N(CC(=O)N2CCCc3cc(F)ccc3C2)C1=O. The van der Waals surface area contributed by atoms with Gasteiger partial charge in [-0.25, -0.2) is 14.0 Å². The van der Waals surface area contributed by atoms with Crippen LogP contribution >= 0.6 is 0 Å². The number of hydrogen-bond donors (Lipinski definition) is 3. The minimum absolute atomic E-state index is 0.170. The van der Waals surface area contributed by atoms with Gasteiger partial charge in [0.05, 0.1) is 6.61 Å². The summed E-state index contributed by atoms with van der Waals surface area (Å²) in [6, 6.07) is 8.32. The molecule has 0 saturated carbocycles. The van der Waals surface area contributed by atoms with Crippen LogP contribution in [0.2, 0.25) is 0 Å². The Morgan fingerprint density at radius 3 is 2.81 bits per heavy atom. The van der Waals surface area contributed by atoms with Crippen LogP contribution in [0.5, 0.6) is 5.75 Å². The monoisotopic (exact) mass is 495 g/mol. The largest absolute Gasteiger partial charge is 0.493 e. The van der Waals surface area contributed by atoms with E-state index in [1.54, 1.807) is 29.2 Å². The number of halogens is 1. The van der Waals surface area contributed by atoms with E-state index >= 15 is 0 Å². The number of aryl methyl sites for hydroxylation is 1. The zero-order valence-corrected chi connectivity index (χ0v) is 19.7. The number of ether oxygens (including phenoxy) is 1. The molecule has 2 aromatic rings. The number of carbonyl (C=O) groups excluding carboxylic acids is 4. The molecule has 3 heterocycles. The lowest BCUT2D eigenvalue weighted by molar-refractivity contribution is -0.140. The van der Waals surface area contributed by atoms with E-state index in [4.69, 9.17) is 4.74 Å². The molecule has 1 unspecified atom stereocenters. The van der Waals surface area contributed by atoms with Crippen molar-refractivity contribution in [2.24, 2.45) is 0 Å². The van der Waals surface area contributed by atoms with Gasteiger partial charge >= 0.3 is 12.1 Å². The topological polar surface area (TPSA) is 120 Å². The van der Waals surface area contributed by atoms with Crippen LogP contribution in [-0.4, -0.2) is 60.4 Å². The number of urea groups is 2. The van der Waals surface area contributed by atoms with E-state index < -0.39 is 30.1 Å². The van der Waals surface area contributed by atoms with Gasteiger partial charge in [-0.05, 0) is 42.2 Å². The molecule has 1 saturated heterocycles. The molecule has 0 aliphatic carbocycles. The molecule has 0 radical (unpaired) electrons. The third-order valence-electron chi connectivity index (χ3n) is 6.89. The van der Waals surface area contributed by atoms with Crippen molar-refractivity contribution in [3.63, 3.8) is 0 Å². The molecular formula is C25H26FN5O5. The number of nitrogens with one attached hydrogen (secondary N) is 3. The quantitative estimate of drug-likeness (QED) is 0.564. The second kappa shape index (κ2) is 9.14. The van der Waals surface area contributed by atoms with Gasteiger partial charge < -0.3 is 25.6 Å². The maximum absolute atomic E-state index is 13.6. The van der Waals surface area contributed by atoms with Crippen molar-refractivity contribution in [1.29, 1.82) is 0 Å². The summed E-state index contributed by atoms with van der Waals surface area (Å²) >= 11 is 0. The third kappa shape index (κ3) is 4.10. The first-order valence-electron chi connectivity index (χ1n) is 11.8. The van der Waals surface area contributed by atoms with E-state index in [0.29, 0.717) is 42.9 Å². The first-order chi connectivity index (χ1) is 17.3. The number of benzene rings is 2. The molecule has 11 heteroatoms. The van der Waals surface area contributed by atoms with E-state index in [-0.39, 0.29) is 24.8 Å². The van der Waals surface area contributed by atoms with Gasteiger partial charge in [-0.3, -0.25) is 14.5 Å². The molecule has 1 fully saturated rings. The zero-order chi connectivity index (χ0) is 25.4. The van der Waals surface area contributed by atoms with E-state index in [1.165, 1.54) is 19.2 Å². The van der Waals surface area contributed by atoms with Gasteiger partial charge in [-0.1, -0.05) is 12.1 Å². The molecular weight excluding hydrogens is 469 g/mol. The Hall–Kier alpha value is -4.15. The van der Waals surface area contributed by atoms with E-state index in [2.05, 4.69) is 16.0 Å². The molecule has 1 atom stereocenters. The average Bonchev–Trinajstić information content (AvgIpc) is 3.00. The number of hydrogen-bond acceptors (Lipinski definition) is 5. The number of fused-ring (bicyclic) bond motifs is 3. The van der Waals surface area contributed by atoms with Crippen molar-refractivity contribution in [3.05, 3.63) is 58.9 Å². The number of carbonyl (C=O) groups is 4. The molecule has 0 bridgehead atoms. The predicted molar refractivity (Wildman–Crippen MR) is 127 cm³/mol. The first-order valence-corrected chi connectivity index (χ1v) is 11.8. The van der Waals surface area contributed by atoms with Gasteiger partial charge in [-0.2, -0.15) is 0 Å². The summed E-state index contributed by atoms with van der Waals surface area (Å²) < 4.78 is 19.3. The lowest BCUT2D eigenvalue weighted by Gasteiger charge is -2.33. The molecule has 36 heavy (non-hydrogen) atoms. The number of anilines is 1. The highest BCUT2D eigenvalue weighted by Crippen LogP contribution is 2.42. The number of amides is 6. The van der Waals surface area contributed by atoms with Crippen LogP contribution < -0.4 is 20.7 Å². The summed E-state index contributed by atoms with van der Waals surface area (Å²) in [5.41, 5.74) is 1.31. The lowest BCUT2D eigenvalue weighted by atomic mass is 9.84.